The molecule has 0 saturated carbocycles. The Hall–Kier alpha value is -1.21. The molecule has 5 nitrogen and oxygen atoms in total. The molecule has 2 heterocycles. The van der Waals surface area contributed by atoms with E-state index in [1.807, 2.05) is 25.1 Å². The minimum absolute atomic E-state index is 0.104. The van der Waals surface area contributed by atoms with Gasteiger partial charge in [0.1, 0.15) is 18.5 Å². The average molecular weight is 321 g/mol. The van der Waals surface area contributed by atoms with Crippen LogP contribution in [0.4, 0.5) is 0 Å². The molecule has 0 bridgehead atoms. The molecule has 1 aliphatic rings. The average Bonchev–Trinajstić information content (AvgIpc) is 2.92. The number of nitrogens with one attached hydrogen (secondary N) is 1. The van der Waals surface area contributed by atoms with Crippen molar-refractivity contribution >= 4 is 21.6 Å². The molecule has 0 radical (unpaired) electrons. The summed E-state index contributed by atoms with van der Waals surface area (Å²) in [7, 11) is 0. The van der Waals surface area contributed by atoms with Gasteiger partial charge < -0.3 is 15.2 Å². The minimum Gasteiger partial charge on any atom is -0.491 e. The van der Waals surface area contributed by atoms with Crippen molar-refractivity contribution in [2.24, 2.45) is 0 Å². The van der Waals surface area contributed by atoms with E-state index < -0.39 is 6.10 Å². The van der Waals surface area contributed by atoms with Gasteiger partial charge in [0.15, 0.2) is 0 Å². The second-order valence-electron chi connectivity index (χ2n) is 5.77. The van der Waals surface area contributed by atoms with E-state index in [-0.39, 0.29) is 6.04 Å². The van der Waals surface area contributed by atoms with E-state index in [9.17, 15) is 5.11 Å². The lowest BCUT2D eigenvalue weighted by Gasteiger charge is -2.35. The Morgan fingerprint density at radius 1 is 1.41 bits per heavy atom. The molecule has 120 valence electrons. The number of hydrogen-bond donors (Lipinski definition) is 2. The van der Waals surface area contributed by atoms with E-state index in [4.69, 9.17) is 4.74 Å². The van der Waals surface area contributed by atoms with Crippen molar-refractivity contribution in [1.29, 1.82) is 0 Å². The fourth-order valence-electron chi connectivity index (χ4n) is 2.77. The number of nitrogens with zero attached hydrogens (tertiary/aromatic N) is 2. The van der Waals surface area contributed by atoms with E-state index in [1.54, 1.807) is 11.3 Å². The number of aliphatic hydroxyl groups excluding tert-OH is 1. The molecule has 0 amide bonds. The van der Waals surface area contributed by atoms with Crippen LogP contribution in [0.25, 0.3) is 10.2 Å². The number of aliphatic hydroxyl groups is 1. The van der Waals surface area contributed by atoms with Crippen LogP contribution in [0.2, 0.25) is 0 Å². The monoisotopic (exact) mass is 321 g/mol. The Bertz CT molecular complexity index is 625. The molecular weight excluding hydrogens is 298 g/mol. The molecule has 1 fully saturated rings. The predicted octanol–water partition coefficient (Wildman–Crippen LogP) is 1.64. The van der Waals surface area contributed by atoms with Gasteiger partial charge in [-0.3, -0.25) is 4.90 Å². The van der Waals surface area contributed by atoms with E-state index in [0.717, 1.165) is 42.5 Å². The lowest BCUT2D eigenvalue weighted by Crippen LogP contribution is -2.52. The maximum atomic E-state index is 10.3. The van der Waals surface area contributed by atoms with Gasteiger partial charge >= 0.3 is 0 Å². The first-order valence-electron chi connectivity index (χ1n) is 7.76. The fraction of sp³-hybridized carbons (Fsp3) is 0.562. The number of aryl methyl sites for hydroxylation is 1. The van der Waals surface area contributed by atoms with Crippen LogP contribution < -0.4 is 10.1 Å². The van der Waals surface area contributed by atoms with Crippen molar-refractivity contribution in [3.05, 3.63) is 23.2 Å². The largest absolute Gasteiger partial charge is 0.491 e. The number of piperazine rings is 1. The number of thiazole rings is 1. The summed E-state index contributed by atoms with van der Waals surface area (Å²) in [5.41, 5.74) is 0.963. The number of fused-ring (bicyclic) bond motifs is 1. The summed E-state index contributed by atoms with van der Waals surface area (Å²) in [4.78, 5) is 6.77. The first-order valence-corrected chi connectivity index (χ1v) is 8.58. The van der Waals surface area contributed by atoms with Crippen LogP contribution in [0, 0.1) is 6.92 Å². The molecule has 6 heteroatoms. The van der Waals surface area contributed by atoms with Gasteiger partial charge in [0.05, 0.1) is 15.2 Å². The van der Waals surface area contributed by atoms with Crippen molar-refractivity contribution in [2.75, 3.05) is 32.8 Å². The molecule has 1 aliphatic heterocycles. The number of ether oxygens (including phenoxy) is 1. The summed E-state index contributed by atoms with van der Waals surface area (Å²) >= 11 is 1.68. The molecule has 1 saturated heterocycles. The second kappa shape index (κ2) is 6.91. The number of rotatable bonds is 5. The second-order valence-corrected chi connectivity index (χ2v) is 7.00. The highest BCUT2D eigenvalue weighted by Gasteiger charge is 2.23. The third-order valence-corrected chi connectivity index (χ3v) is 5.12. The van der Waals surface area contributed by atoms with Crippen LogP contribution in [0.1, 0.15) is 11.9 Å². The first kappa shape index (κ1) is 15.7. The highest BCUT2D eigenvalue weighted by atomic mass is 32.1. The van der Waals surface area contributed by atoms with Gasteiger partial charge in [0, 0.05) is 38.3 Å². The zero-order valence-corrected chi connectivity index (χ0v) is 13.9. The van der Waals surface area contributed by atoms with Gasteiger partial charge in [0.25, 0.3) is 0 Å². The molecule has 3 rings (SSSR count). The Morgan fingerprint density at radius 2 is 2.18 bits per heavy atom. The van der Waals surface area contributed by atoms with Crippen LogP contribution in [-0.2, 0) is 0 Å². The van der Waals surface area contributed by atoms with Gasteiger partial charge in [-0.1, -0.05) is 0 Å². The van der Waals surface area contributed by atoms with Gasteiger partial charge in [-0.15, -0.1) is 11.3 Å². The Morgan fingerprint density at radius 3 is 2.95 bits per heavy atom. The van der Waals surface area contributed by atoms with Crippen LogP contribution >= 0.6 is 11.3 Å². The van der Waals surface area contributed by atoms with Gasteiger partial charge in [-0.05, 0) is 26.0 Å². The summed E-state index contributed by atoms with van der Waals surface area (Å²) in [5, 5.41) is 14.7. The SMILES string of the molecule is Cc1nc2cc(OCC(O)C(C)N3CCNCC3)ccc2s1. The topological polar surface area (TPSA) is 57.6 Å². The van der Waals surface area contributed by atoms with Gasteiger partial charge in [0.2, 0.25) is 0 Å². The van der Waals surface area contributed by atoms with E-state index >= 15 is 0 Å². The zero-order chi connectivity index (χ0) is 15.5. The molecule has 1 aromatic carbocycles. The van der Waals surface area contributed by atoms with Crippen LogP contribution in [0.3, 0.4) is 0 Å². The molecule has 2 atom stereocenters. The van der Waals surface area contributed by atoms with E-state index in [0.29, 0.717) is 6.61 Å². The fourth-order valence-corrected chi connectivity index (χ4v) is 3.57. The normalized spacial score (nSPS) is 19.2. The van der Waals surface area contributed by atoms with Crippen LogP contribution in [0.5, 0.6) is 5.75 Å². The molecular formula is C16H23N3O2S. The van der Waals surface area contributed by atoms with Crippen molar-refractivity contribution in [3.8, 4) is 5.75 Å². The Labute approximate surface area is 134 Å². The Balaban J connectivity index is 1.57. The quantitative estimate of drug-likeness (QED) is 0.877. The highest BCUT2D eigenvalue weighted by Crippen LogP contribution is 2.25. The highest BCUT2D eigenvalue weighted by molar-refractivity contribution is 7.18. The number of hydrogen-bond acceptors (Lipinski definition) is 6. The molecule has 2 aromatic rings. The van der Waals surface area contributed by atoms with Gasteiger partial charge in [-0.2, -0.15) is 0 Å². The summed E-state index contributed by atoms with van der Waals surface area (Å²) in [6, 6.07) is 6.03. The molecule has 22 heavy (non-hydrogen) atoms. The maximum Gasteiger partial charge on any atom is 0.121 e. The molecule has 0 aliphatic carbocycles. The Kier molecular flexibility index (Phi) is 4.93. The molecule has 1 aromatic heterocycles. The smallest absolute Gasteiger partial charge is 0.121 e. The zero-order valence-electron chi connectivity index (χ0n) is 13.1. The third-order valence-electron chi connectivity index (χ3n) is 4.17. The van der Waals surface area contributed by atoms with Crippen molar-refractivity contribution in [2.45, 2.75) is 26.0 Å². The summed E-state index contributed by atoms with van der Waals surface area (Å²) in [6.07, 6.45) is -0.494. The molecule has 2 N–H and O–H groups in total. The molecule has 2 unspecified atom stereocenters. The lowest BCUT2D eigenvalue weighted by atomic mass is 10.1. The van der Waals surface area contributed by atoms with Crippen molar-refractivity contribution in [1.82, 2.24) is 15.2 Å². The standard InChI is InChI=1S/C16H23N3O2S/c1-11(19-7-5-17-6-8-19)15(20)10-21-13-3-4-16-14(9-13)18-12(2)22-16/h3-4,9,11,15,17,20H,5-8,10H2,1-2H3. The maximum absolute atomic E-state index is 10.3. The number of benzene rings is 1. The van der Waals surface area contributed by atoms with Crippen molar-refractivity contribution in [3.63, 3.8) is 0 Å². The predicted molar refractivity (Wildman–Crippen MR) is 89.8 cm³/mol. The number of aromatic nitrogens is 1. The van der Waals surface area contributed by atoms with Crippen LogP contribution in [-0.4, -0.2) is 59.9 Å². The molecule has 0 spiro atoms. The van der Waals surface area contributed by atoms with E-state index in [1.165, 1.54) is 4.70 Å². The first-order chi connectivity index (χ1) is 10.6. The van der Waals surface area contributed by atoms with Crippen LogP contribution in [0.15, 0.2) is 18.2 Å². The van der Waals surface area contributed by atoms with Gasteiger partial charge in [-0.25, -0.2) is 4.98 Å². The van der Waals surface area contributed by atoms with Crippen molar-refractivity contribution < 1.29 is 9.84 Å². The summed E-state index contributed by atoms with van der Waals surface area (Å²) in [5.74, 6) is 0.768. The summed E-state index contributed by atoms with van der Waals surface area (Å²) < 4.78 is 6.94. The third kappa shape index (κ3) is 3.57. The lowest BCUT2D eigenvalue weighted by molar-refractivity contribution is 0.0210. The van der Waals surface area contributed by atoms with E-state index in [2.05, 4.69) is 22.1 Å². The minimum atomic E-state index is -0.494. The summed E-state index contributed by atoms with van der Waals surface area (Å²) in [6.45, 7) is 8.29.